The molecular weight excluding hydrogens is 374 g/mol. The van der Waals surface area contributed by atoms with Crippen LogP contribution in [0.1, 0.15) is 0 Å². The van der Waals surface area contributed by atoms with Crippen molar-refractivity contribution in [1.29, 1.82) is 0 Å². The van der Waals surface area contributed by atoms with Crippen LogP contribution >= 0.6 is 49.6 Å². The Morgan fingerprint density at radius 1 is 0.625 bits per heavy atom. The SMILES string of the molecule is Cl.Cl.Cl.Cl.[O]=[W](=[O])=[O]. The average molecular weight is 378 g/mol. The molecule has 0 amide bonds. The molecule has 0 aliphatic heterocycles. The van der Waals surface area contributed by atoms with E-state index in [1.165, 1.54) is 0 Å². The Bertz CT molecular complexity index is 80.7. The van der Waals surface area contributed by atoms with E-state index < -0.39 is 17.2 Å². The Balaban J connectivity index is -0.00000000750. The van der Waals surface area contributed by atoms with Crippen LogP contribution in [-0.4, -0.2) is 0 Å². The number of halogens is 4. The van der Waals surface area contributed by atoms with Gasteiger partial charge in [0.2, 0.25) is 0 Å². The first kappa shape index (κ1) is 34.9. The van der Waals surface area contributed by atoms with Crippen molar-refractivity contribution in [3.05, 3.63) is 0 Å². The van der Waals surface area contributed by atoms with Crippen LogP contribution in [0.2, 0.25) is 0 Å². The Morgan fingerprint density at radius 2 is 0.625 bits per heavy atom. The molecule has 0 atom stereocenters. The van der Waals surface area contributed by atoms with Gasteiger partial charge >= 0.3 is 27.4 Å². The Morgan fingerprint density at radius 3 is 0.625 bits per heavy atom. The molecular formula is H4Cl4O3W. The van der Waals surface area contributed by atoms with Crippen LogP contribution in [0.15, 0.2) is 0 Å². The molecule has 3 nitrogen and oxygen atoms in total. The number of hydrogen-bond donors (Lipinski definition) is 0. The normalized spacial score (nSPS) is 3.00. The third-order valence-electron chi connectivity index (χ3n) is 0. The Kier molecular flexibility index (Phi) is 105. The zero-order valence-electron chi connectivity index (χ0n) is 3.27. The van der Waals surface area contributed by atoms with Gasteiger partial charge in [0.15, 0.2) is 0 Å². The molecule has 0 N–H and O–H groups in total. The molecule has 0 saturated carbocycles. The Labute approximate surface area is 76.7 Å². The van der Waals surface area contributed by atoms with Crippen molar-refractivity contribution in [2.75, 3.05) is 0 Å². The van der Waals surface area contributed by atoms with E-state index in [0.29, 0.717) is 0 Å². The fraction of sp³-hybridized carbons (Fsp3) is 0. The van der Waals surface area contributed by atoms with Crippen LogP contribution in [0.3, 0.4) is 0 Å². The molecule has 0 spiro atoms. The van der Waals surface area contributed by atoms with Crippen molar-refractivity contribution < 1.29 is 27.4 Å². The molecule has 0 aliphatic carbocycles. The molecule has 0 aromatic rings. The van der Waals surface area contributed by atoms with E-state index in [1.807, 2.05) is 0 Å². The minimum atomic E-state index is -4.28. The van der Waals surface area contributed by atoms with E-state index in [1.54, 1.807) is 0 Å². The molecule has 0 heterocycles. The fourth-order valence-electron chi connectivity index (χ4n) is 0. The zero-order valence-corrected chi connectivity index (χ0v) is 9.47. The van der Waals surface area contributed by atoms with E-state index in [0.717, 1.165) is 0 Å². The van der Waals surface area contributed by atoms with Gasteiger partial charge in [0.05, 0.1) is 0 Å². The summed E-state index contributed by atoms with van der Waals surface area (Å²) in [6, 6.07) is 0. The van der Waals surface area contributed by atoms with Crippen LogP contribution < -0.4 is 0 Å². The molecule has 8 heavy (non-hydrogen) atoms. The van der Waals surface area contributed by atoms with Gasteiger partial charge in [0, 0.05) is 0 Å². The van der Waals surface area contributed by atoms with E-state index >= 15 is 0 Å². The van der Waals surface area contributed by atoms with Crippen LogP contribution in [0.4, 0.5) is 0 Å². The quantitative estimate of drug-likeness (QED) is 0.640. The van der Waals surface area contributed by atoms with Crippen molar-refractivity contribution in [1.82, 2.24) is 0 Å². The molecule has 8 heteroatoms. The fourth-order valence-corrected chi connectivity index (χ4v) is 0. The predicted molar refractivity (Wildman–Crippen MR) is 31.1 cm³/mol. The van der Waals surface area contributed by atoms with Gasteiger partial charge in [-0.05, 0) is 0 Å². The van der Waals surface area contributed by atoms with E-state index in [-0.39, 0.29) is 49.6 Å². The topological polar surface area (TPSA) is 51.2 Å². The molecule has 56 valence electrons. The van der Waals surface area contributed by atoms with Gasteiger partial charge in [-0.25, -0.2) is 0 Å². The molecule has 0 saturated heterocycles. The van der Waals surface area contributed by atoms with Crippen molar-refractivity contribution in [2.45, 2.75) is 0 Å². The van der Waals surface area contributed by atoms with E-state index in [9.17, 15) is 0 Å². The molecule has 0 aromatic heterocycles. The number of hydrogen-bond acceptors (Lipinski definition) is 3. The first-order chi connectivity index (χ1) is 1.73. The summed E-state index contributed by atoms with van der Waals surface area (Å²) in [6.45, 7) is 0. The molecule has 0 bridgehead atoms. The standard InChI is InChI=1S/4ClH.3O.W/h4*1H;;;;. The summed E-state index contributed by atoms with van der Waals surface area (Å²) in [6.07, 6.45) is 0. The number of rotatable bonds is 0. The second kappa shape index (κ2) is 24.0. The predicted octanol–water partition coefficient (Wildman–Crippen LogP) is 1.33. The zero-order chi connectivity index (χ0) is 3.58. The molecule has 0 rings (SSSR count). The first-order valence-electron chi connectivity index (χ1n) is 0.500. The van der Waals surface area contributed by atoms with Gasteiger partial charge in [-0.3, -0.25) is 0 Å². The Hall–Kier alpha value is 1.25. The second-order valence-corrected chi connectivity index (χ2v) is 1.67. The van der Waals surface area contributed by atoms with Gasteiger partial charge < -0.3 is 0 Å². The summed E-state index contributed by atoms with van der Waals surface area (Å²) < 4.78 is 25.8. The maximum atomic E-state index is 8.61. The third kappa shape index (κ3) is 182. The van der Waals surface area contributed by atoms with E-state index in [4.69, 9.17) is 10.2 Å². The average Bonchev–Trinajstić information content (AvgIpc) is 0.811. The van der Waals surface area contributed by atoms with Crippen LogP contribution in [0, 0.1) is 0 Å². The first-order valence-corrected chi connectivity index (χ1v) is 4.09. The second-order valence-electron chi connectivity index (χ2n) is 0.204. The summed E-state index contributed by atoms with van der Waals surface area (Å²) in [5.74, 6) is 0. The van der Waals surface area contributed by atoms with Gasteiger partial charge in [0.1, 0.15) is 0 Å². The van der Waals surface area contributed by atoms with E-state index in [2.05, 4.69) is 0 Å². The molecule has 0 radical (unpaired) electrons. The monoisotopic (exact) mass is 376 g/mol. The van der Waals surface area contributed by atoms with Crippen LogP contribution in [0.5, 0.6) is 0 Å². The summed E-state index contributed by atoms with van der Waals surface area (Å²) in [5, 5.41) is 0. The van der Waals surface area contributed by atoms with Crippen molar-refractivity contribution in [2.24, 2.45) is 0 Å². The van der Waals surface area contributed by atoms with Gasteiger partial charge in [0.25, 0.3) is 0 Å². The van der Waals surface area contributed by atoms with Gasteiger partial charge in [-0.1, -0.05) is 0 Å². The van der Waals surface area contributed by atoms with Crippen molar-refractivity contribution in [3.63, 3.8) is 0 Å². The van der Waals surface area contributed by atoms with Crippen LogP contribution in [-0.2, 0) is 27.4 Å². The van der Waals surface area contributed by atoms with Gasteiger partial charge in [-0.15, -0.1) is 49.6 Å². The molecule has 0 unspecified atom stereocenters. The van der Waals surface area contributed by atoms with Gasteiger partial charge in [-0.2, -0.15) is 0 Å². The molecule has 0 fully saturated rings. The minimum absolute atomic E-state index is 0. The summed E-state index contributed by atoms with van der Waals surface area (Å²) in [4.78, 5) is 0. The third-order valence-corrected chi connectivity index (χ3v) is 0. The summed E-state index contributed by atoms with van der Waals surface area (Å²) in [7, 11) is 0. The van der Waals surface area contributed by atoms with Crippen LogP contribution in [0.25, 0.3) is 0 Å². The molecule has 0 aliphatic rings. The summed E-state index contributed by atoms with van der Waals surface area (Å²) >= 11 is -4.28. The molecule has 0 aromatic carbocycles. The summed E-state index contributed by atoms with van der Waals surface area (Å²) in [5.41, 5.74) is 0. The van der Waals surface area contributed by atoms with Crippen molar-refractivity contribution in [3.8, 4) is 0 Å². The van der Waals surface area contributed by atoms with Crippen molar-refractivity contribution >= 4 is 49.6 Å². The maximum absolute atomic E-state index is 8.61.